The van der Waals surface area contributed by atoms with Crippen molar-refractivity contribution in [2.75, 3.05) is 13.6 Å². The molecule has 0 atom stereocenters. The van der Waals surface area contributed by atoms with E-state index in [-0.39, 0.29) is 0 Å². The lowest BCUT2D eigenvalue weighted by Gasteiger charge is -2.28. The number of pyridine rings is 1. The standard InChI is InChI=1S/C14H19N3O/c1-17(11-14(18)5-2-3-6-14)10-12-4-7-16-13(8-12)9-15/h4,7-8,18H,2-3,5-6,10-11H2,1H3. The Hall–Kier alpha value is -1.44. The summed E-state index contributed by atoms with van der Waals surface area (Å²) in [6.07, 6.45) is 5.70. The van der Waals surface area contributed by atoms with Crippen molar-refractivity contribution >= 4 is 0 Å². The van der Waals surface area contributed by atoms with E-state index in [2.05, 4.69) is 9.88 Å². The lowest BCUT2D eigenvalue weighted by Crippen LogP contribution is -2.38. The first-order valence-corrected chi connectivity index (χ1v) is 6.37. The van der Waals surface area contributed by atoms with E-state index in [0.717, 1.165) is 37.8 Å². The number of aliphatic hydroxyl groups is 1. The van der Waals surface area contributed by atoms with Crippen molar-refractivity contribution in [2.45, 2.75) is 37.8 Å². The van der Waals surface area contributed by atoms with Gasteiger partial charge in [-0.1, -0.05) is 12.8 Å². The van der Waals surface area contributed by atoms with Gasteiger partial charge in [-0.05, 0) is 37.6 Å². The van der Waals surface area contributed by atoms with Crippen molar-refractivity contribution in [2.24, 2.45) is 0 Å². The zero-order chi connectivity index (χ0) is 13.0. The Kier molecular flexibility index (Phi) is 3.95. The predicted octanol–water partition coefficient (Wildman–Crippen LogP) is 1.69. The number of likely N-dealkylation sites (N-methyl/N-ethyl adjacent to an activating group) is 1. The summed E-state index contributed by atoms with van der Waals surface area (Å²) in [7, 11) is 2.00. The molecule has 0 aromatic carbocycles. The molecule has 0 unspecified atom stereocenters. The van der Waals surface area contributed by atoms with E-state index in [1.54, 1.807) is 12.3 Å². The van der Waals surface area contributed by atoms with Crippen molar-refractivity contribution in [3.05, 3.63) is 29.6 Å². The second-order valence-corrected chi connectivity index (χ2v) is 5.26. The number of nitriles is 1. The maximum Gasteiger partial charge on any atom is 0.140 e. The van der Waals surface area contributed by atoms with Crippen molar-refractivity contribution < 1.29 is 5.11 Å². The van der Waals surface area contributed by atoms with Gasteiger partial charge in [0.2, 0.25) is 0 Å². The molecule has 1 N–H and O–H groups in total. The first-order valence-electron chi connectivity index (χ1n) is 6.37. The summed E-state index contributed by atoms with van der Waals surface area (Å²) >= 11 is 0. The van der Waals surface area contributed by atoms with E-state index in [1.165, 1.54) is 0 Å². The number of rotatable bonds is 4. The molecule has 2 rings (SSSR count). The Morgan fingerprint density at radius 2 is 2.22 bits per heavy atom. The molecule has 1 aliphatic carbocycles. The average molecular weight is 245 g/mol. The Balaban J connectivity index is 1.94. The van der Waals surface area contributed by atoms with Crippen molar-refractivity contribution in [3.63, 3.8) is 0 Å². The predicted molar refractivity (Wildman–Crippen MR) is 68.7 cm³/mol. The minimum Gasteiger partial charge on any atom is -0.389 e. The normalized spacial score (nSPS) is 17.9. The second kappa shape index (κ2) is 5.47. The summed E-state index contributed by atoms with van der Waals surface area (Å²) in [5.74, 6) is 0. The highest BCUT2D eigenvalue weighted by Crippen LogP contribution is 2.30. The van der Waals surface area contributed by atoms with Crippen LogP contribution < -0.4 is 0 Å². The second-order valence-electron chi connectivity index (χ2n) is 5.26. The summed E-state index contributed by atoms with van der Waals surface area (Å²) in [5, 5.41) is 19.1. The van der Waals surface area contributed by atoms with Crippen molar-refractivity contribution in [1.29, 1.82) is 5.26 Å². The molecule has 0 radical (unpaired) electrons. The molecule has 1 aromatic heterocycles. The zero-order valence-electron chi connectivity index (χ0n) is 10.8. The number of hydrogen-bond donors (Lipinski definition) is 1. The molecule has 0 saturated heterocycles. The molecule has 0 amide bonds. The SMILES string of the molecule is CN(Cc1ccnc(C#N)c1)CC1(O)CCCC1. The van der Waals surface area contributed by atoms with E-state index in [4.69, 9.17) is 5.26 Å². The van der Waals surface area contributed by atoms with E-state index in [1.807, 2.05) is 19.2 Å². The molecule has 18 heavy (non-hydrogen) atoms. The minimum absolute atomic E-state index is 0.445. The fraction of sp³-hybridized carbons (Fsp3) is 0.571. The minimum atomic E-state index is -0.514. The van der Waals surface area contributed by atoms with Crippen LogP contribution >= 0.6 is 0 Å². The average Bonchev–Trinajstić information content (AvgIpc) is 2.75. The summed E-state index contributed by atoms with van der Waals surface area (Å²) in [6, 6.07) is 5.76. The summed E-state index contributed by atoms with van der Waals surface area (Å²) in [4.78, 5) is 6.07. The van der Waals surface area contributed by atoms with Crippen LogP contribution in [0.1, 0.15) is 36.9 Å². The van der Waals surface area contributed by atoms with Crippen LogP contribution in [0.5, 0.6) is 0 Å². The van der Waals surface area contributed by atoms with Gasteiger partial charge in [-0.15, -0.1) is 0 Å². The van der Waals surface area contributed by atoms with Gasteiger partial charge in [0.1, 0.15) is 11.8 Å². The maximum absolute atomic E-state index is 10.3. The highest BCUT2D eigenvalue weighted by atomic mass is 16.3. The van der Waals surface area contributed by atoms with Gasteiger partial charge >= 0.3 is 0 Å². The Labute approximate surface area is 108 Å². The quantitative estimate of drug-likeness (QED) is 0.877. The fourth-order valence-electron chi connectivity index (χ4n) is 2.70. The molecule has 1 aliphatic rings. The largest absolute Gasteiger partial charge is 0.389 e. The van der Waals surface area contributed by atoms with E-state index in [0.29, 0.717) is 12.2 Å². The van der Waals surface area contributed by atoms with Crippen molar-refractivity contribution in [3.8, 4) is 6.07 Å². The van der Waals surface area contributed by atoms with Crippen molar-refractivity contribution in [1.82, 2.24) is 9.88 Å². The Morgan fingerprint density at radius 1 is 1.50 bits per heavy atom. The molecular weight excluding hydrogens is 226 g/mol. The highest BCUT2D eigenvalue weighted by Gasteiger charge is 2.31. The number of hydrogen-bond acceptors (Lipinski definition) is 4. The lowest BCUT2D eigenvalue weighted by molar-refractivity contribution is 0.0145. The van der Waals surface area contributed by atoms with Crippen LogP contribution in [0.15, 0.2) is 18.3 Å². The molecule has 4 heteroatoms. The van der Waals surface area contributed by atoms with Crippen LogP contribution in [-0.4, -0.2) is 34.2 Å². The Morgan fingerprint density at radius 3 is 2.89 bits per heavy atom. The van der Waals surface area contributed by atoms with E-state index < -0.39 is 5.60 Å². The van der Waals surface area contributed by atoms with Gasteiger partial charge in [0, 0.05) is 19.3 Å². The van der Waals surface area contributed by atoms with Gasteiger partial charge in [-0.2, -0.15) is 5.26 Å². The summed E-state index contributed by atoms with van der Waals surface area (Å²) in [5.41, 5.74) is 0.992. The smallest absolute Gasteiger partial charge is 0.140 e. The van der Waals surface area contributed by atoms with Crippen LogP contribution in [0.25, 0.3) is 0 Å². The third-order valence-electron chi connectivity index (χ3n) is 3.49. The van der Waals surface area contributed by atoms with Gasteiger partial charge in [-0.25, -0.2) is 4.98 Å². The number of aromatic nitrogens is 1. The molecule has 1 saturated carbocycles. The third-order valence-corrected chi connectivity index (χ3v) is 3.49. The van der Waals surface area contributed by atoms with E-state index in [9.17, 15) is 5.11 Å². The Bertz CT molecular complexity index is 447. The van der Waals surface area contributed by atoms with Gasteiger partial charge in [0.25, 0.3) is 0 Å². The van der Waals surface area contributed by atoms with Crippen LogP contribution in [-0.2, 0) is 6.54 Å². The van der Waals surface area contributed by atoms with Crippen LogP contribution in [0.2, 0.25) is 0 Å². The molecular formula is C14H19N3O. The summed E-state index contributed by atoms with van der Waals surface area (Å²) < 4.78 is 0. The fourth-order valence-corrected chi connectivity index (χ4v) is 2.70. The van der Waals surface area contributed by atoms with Crippen LogP contribution in [0.3, 0.4) is 0 Å². The molecule has 1 aromatic rings. The van der Waals surface area contributed by atoms with Gasteiger partial charge < -0.3 is 5.11 Å². The molecule has 0 spiro atoms. The first-order chi connectivity index (χ1) is 8.61. The molecule has 1 heterocycles. The molecule has 4 nitrogen and oxygen atoms in total. The molecule has 1 fully saturated rings. The van der Waals surface area contributed by atoms with Crippen LogP contribution in [0, 0.1) is 11.3 Å². The lowest BCUT2D eigenvalue weighted by atomic mass is 10.0. The zero-order valence-corrected chi connectivity index (χ0v) is 10.8. The summed E-state index contributed by atoms with van der Waals surface area (Å²) in [6.45, 7) is 1.43. The maximum atomic E-state index is 10.3. The first kappa shape index (κ1) is 13.0. The monoisotopic (exact) mass is 245 g/mol. The topological polar surface area (TPSA) is 60.2 Å². The van der Waals surface area contributed by atoms with E-state index >= 15 is 0 Å². The van der Waals surface area contributed by atoms with Crippen LogP contribution in [0.4, 0.5) is 0 Å². The third kappa shape index (κ3) is 3.28. The van der Waals surface area contributed by atoms with Gasteiger partial charge in [0.05, 0.1) is 5.60 Å². The molecule has 0 bridgehead atoms. The number of nitrogens with zero attached hydrogens (tertiary/aromatic N) is 3. The van der Waals surface area contributed by atoms with Gasteiger partial charge in [-0.3, -0.25) is 4.90 Å². The molecule has 96 valence electrons. The highest BCUT2D eigenvalue weighted by molar-refractivity contribution is 5.25. The van der Waals surface area contributed by atoms with Gasteiger partial charge in [0.15, 0.2) is 0 Å². The molecule has 0 aliphatic heterocycles.